The van der Waals surface area contributed by atoms with Crippen molar-refractivity contribution >= 4 is 21.8 Å². The molecule has 0 aliphatic rings. The molecule has 0 heterocycles. The Morgan fingerprint density at radius 2 is 1.76 bits per heavy atom. The van der Waals surface area contributed by atoms with Crippen LogP contribution in [0.5, 0.6) is 0 Å². The molecule has 2 aromatic carbocycles. The highest BCUT2D eigenvalue weighted by Crippen LogP contribution is 2.09. The van der Waals surface area contributed by atoms with E-state index < -0.39 is 0 Å². The molecule has 0 spiro atoms. The molecule has 2 aromatic rings. The SMILES string of the molecule is O=C(Cc1ccccc1F)NC(CBr)Cc1ccccc1. The summed E-state index contributed by atoms with van der Waals surface area (Å²) in [4.78, 5) is 12.0. The van der Waals surface area contributed by atoms with Gasteiger partial charge in [-0.15, -0.1) is 0 Å². The van der Waals surface area contributed by atoms with Crippen molar-refractivity contribution in [3.05, 3.63) is 71.5 Å². The summed E-state index contributed by atoms with van der Waals surface area (Å²) in [6.07, 6.45) is 0.806. The number of hydrogen-bond acceptors (Lipinski definition) is 1. The first-order chi connectivity index (χ1) is 10.2. The van der Waals surface area contributed by atoms with Crippen molar-refractivity contribution in [2.45, 2.75) is 18.9 Å². The van der Waals surface area contributed by atoms with E-state index in [0.29, 0.717) is 10.9 Å². The van der Waals surface area contributed by atoms with Crippen molar-refractivity contribution in [1.82, 2.24) is 5.32 Å². The van der Waals surface area contributed by atoms with Gasteiger partial charge in [-0.2, -0.15) is 0 Å². The van der Waals surface area contributed by atoms with E-state index in [4.69, 9.17) is 0 Å². The van der Waals surface area contributed by atoms with Gasteiger partial charge in [-0.25, -0.2) is 4.39 Å². The fraction of sp³-hybridized carbons (Fsp3) is 0.235. The number of nitrogens with one attached hydrogen (secondary N) is 1. The summed E-state index contributed by atoms with van der Waals surface area (Å²) in [5, 5.41) is 3.60. The molecule has 4 heteroatoms. The van der Waals surface area contributed by atoms with E-state index >= 15 is 0 Å². The van der Waals surface area contributed by atoms with Crippen LogP contribution in [0.25, 0.3) is 0 Å². The number of carbonyl (C=O) groups is 1. The van der Waals surface area contributed by atoms with Gasteiger partial charge < -0.3 is 5.32 Å². The van der Waals surface area contributed by atoms with E-state index in [0.717, 1.165) is 12.0 Å². The second-order valence-corrected chi connectivity index (χ2v) is 5.52. The highest BCUT2D eigenvalue weighted by molar-refractivity contribution is 9.09. The molecule has 1 atom stereocenters. The van der Waals surface area contributed by atoms with Crippen LogP contribution in [0.1, 0.15) is 11.1 Å². The molecule has 110 valence electrons. The van der Waals surface area contributed by atoms with E-state index in [1.807, 2.05) is 30.3 Å². The van der Waals surface area contributed by atoms with Gasteiger partial charge in [0.15, 0.2) is 0 Å². The molecule has 0 fully saturated rings. The molecule has 21 heavy (non-hydrogen) atoms. The van der Waals surface area contributed by atoms with Crippen molar-refractivity contribution in [3.8, 4) is 0 Å². The lowest BCUT2D eigenvalue weighted by molar-refractivity contribution is -0.121. The second kappa shape index (κ2) is 7.93. The molecule has 1 amide bonds. The summed E-state index contributed by atoms with van der Waals surface area (Å²) in [5.74, 6) is -0.508. The van der Waals surface area contributed by atoms with Crippen molar-refractivity contribution < 1.29 is 9.18 Å². The average molecular weight is 350 g/mol. The first kappa shape index (κ1) is 15.7. The smallest absolute Gasteiger partial charge is 0.224 e. The predicted molar refractivity (Wildman–Crippen MR) is 86.0 cm³/mol. The van der Waals surface area contributed by atoms with Crippen molar-refractivity contribution in [2.24, 2.45) is 0 Å². The Balaban J connectivity index is 1.92. The number of hydrogen-bond donors (Lipinski definition) is 1. The number of benzene rings is 2. The molecule has 0 aliphatic heterocycles. The third kappa shape index (κ3) is 4.97. The third-order valence-electron chi connectivity index (χ3n) is 3.19. The molecule has 0 bridgehead atoms. The normalized spacial score (nSPS) is 11.9. The van der Waals surface area contributed by atoms with Crippen LogP contribution in [-0.4, -0.2) is 17.3 Å². The lowest BCUT2D eigenvalue weighted by atomic mass is 10.1. The minimum atomic E-state index is -0.342. The number of alkyl halides is 1. The zero-order valence-electron chi connectivity index (χ0n) is 11.6. The van der Waals surface area contributed by atoms with Gasteiger partial charge in [0.2, 0.25) is 5.91 Å². The third-order valence-corrected chi connectivity index (χ3v) is 3.97. The molecular weight excluding hydrogens is 333 g/mol. The van der Waals surface area contributed by atoms with Crippen LogP contribution < -0.4 is 5.32 Å². The minimum absolute atomic E-state index is 0.00771. The first-order valence-electron chi connectivity index (χ1n) is 6.81. The van der Waals surface area contributed by atoms with Crippen LogP contribution in [-0.2, 0) is 17.6 Å². The Morgan fingerprint density at radius 1 is 1.10 bits per heavy atom. The van der Waals surface area contributed by atoms with Gasteiger partial charge in [-0.05, 0) is 23.6 Å². The highest BCUT2D eigenvalue weighted by atomic mass is 79.9. The number of amides is 1. The Morgan fingerprint density at radius 3 is 2.43 bits per heavy atom. The van der Waals surface area contributed by atoms with E-state index in [1.165, 1.54) is 6.07 Å². The molecule has 0 saturated heterocycles. The van der Waals surface area contributed by atoms with E-state index in [9.17, 15) is 9.18 Å². The molecular formula is C17H17BrFNO. The average Bonchev–Trinajstić information content (AvgIpc) is 2.50. The van der Waals surface area contributed by atoms with Crippen molar-refractivity contribution in [1.29, 1.82) is 0 Å². The summed E-state index contributed by atoms with van der Waals surface area (Å²) < 4.78 is 13.5. The van der Waals surface area contributed by atoms with Gasteiger partial charge in [-0.3, -0.25) is 4.79 Å². The summed E-state index contributed by atoms with van der Waals surface area (Å²) in [5.41, 5.74) is 1.58. The maximum absolute atomic E-state index is 13.5. The van der Waals surface area contributed by atoms with Gasteiger partial charge >= 0.3 is 0 Å². The lowest BCUT2D eigenvalue weighted by Crippen LogP contribution is -2.38. The standard InChI is InChI=1S/C17H17BrFNO/c18-12-15(10-13-6-2-1-3-7-13)20-17(21)11-14-8-4-5-9-16(14)19/h1-9,15H,10-12H2,(H,20,21). The summed E-state index contributed by atoms with van der Waals surface area (Å²) in [7, 11) is 0. The molecule has 0 saturated carbocycles. The monoisotopic (exact) mass is 349 g/mol. The second-order valence-electron chi connectivity index (χ2n) is 4.88. The number of halogens is 2. The van der Waals surface area contributed by atoms with E-state index in [1.54, 1.807) is 18.2 Å². The van der Waals surface area contributed by atoms with Crippen molar-refractivity contribution in [2.75, 3.05) is 5.33 Å². The fourth-order valence-electron chi connectivity index (χ4n) is 2.14. The minimum Gasteiger partial charge on any atom is -0.352 e. The van der Waals surface area contributed by atoms with Crippen LogP contribution in [0.4, 0.5) is 4.39 Å². The fourth-order valence-corrected chi connectivity index (χ4v) is 2.53. The van der Waals surface area contributed by atoms with Crippen LogP contribution in [0.2, 0.25) is 0 Å². The number of rotatable bonds is 6. The maximum atomic E-state index is 13.5. The Labute approximate surface area is 132 Å². The predicted octanol–water partition coefficient (Wildman–Crippen LogP) is 3.49. The maximum Gasteiger partial charge on any atom is 0.224 e. The van der Waals surface area contributed by atoms with E-state index in [2.05, 4.69) is 21.2 Å². The van der Waals surface area contributed by atoms with E-state index in [-0.39, 0.29) is 24.2 Å². The van der Waals surface area contributed by atoms with Crippen LogP contribution in [0.15, 0.2) is 54.6 Å². The topological polar surface area (TPSA) is 29.1 Å². The summed E-state index contributed by atoms with van der Waals surface area (Å²) >= 11 is 3.41. The van der Waals surface area contributed by atoms with Gasteiger partial charge in [0.05, 0.1) is 6.42 Å². The highest BCUT2D eigenvalue weighted by Gasteiger charge is 2.13. The molecule has 0 radical (unpaired) electrons. The number of carbonyl (C=O) groups excluding carboxylic acids is 1. The van der Waals surface area contributed by atoms with Crippen LogP contribution in [0.3, 0.4) is 0 Å². The van der Waals surface area contributed by atoms with Gasteiger partial charge in [0.1, 0.15) is 5.82 Å². The molecule has 0 aliphatic carbocycles. The Kier molecular flexibility index (Phi) is 5.93. The largest absolute Gasteiger partial charge is 0.352 e. The summed E-state index contributed by atoms with van der Waals surface area (Å²) in [6.45, 7) is 0. The zero-order chi connectivity index (χ0) is 15.1. The van der Waals surface area contributed by atoms with Gasteiger partial charge in [0, 0.05) is 11.4 Å². The molecule has 1 N–H and O–H groups in total. The van der Waals surface area contributed by atoms with Crippen LogP contribution in [0, 0.1) is 5.82 Å². The van der Waals surface area contributed by atoms with Crippen molar-refractivity contribution in [3.63, 3.8) is 0 Å². The summed E-state index contributed by atoms with van der Waals surface area (Å²) in [6, 6.07) is 16.3. The molecule has 2 nitrogen and oxygen atoms in total. The Hall–Kier alpha value is -1.68. The molecule has 0 aromatic heterocycles. The van der Waals surface area contributed by atoms with Gasteiger partial charge in [0.25, 0.3) is 0 Å². The first-order valence-corrected chi connectivity index (χ1v) is 7.94. The molecule has 2 rings (SSSR count). The lowest BCUT2D eigenvalue weighted by Gasteiger charge is -2.16. The Bertz CT molecular complexity index is 588. The van der Waals surface area contributed by atoms with Crippen LogP contribution >= 0.6 is 15.9 Å². The quantitative estimate of drug-likeness (QED) is 0.794. The molecule has 1 unspecified atom stereocenters. The zero-order valence-corrected chi connectivity index (χ0v) is 13.1. The van der Waals surface area contributed by atoms with Gasteiger partial charge in [-0.1, -0.05) is 64.5 Å².